The van der Waals surface area contributed by atoms with Crippen LogP contribution in [0.5, 0.6) is 0 Å². The van der Waals surface area contributed by atoms with E-state index in [-0.39, 0.29) is 7.43 Å². The summed E-state index contributed by atoms with van der Waals surface area (Å²) in [4.78, 5) is 0. The highest BCUT2D eigenvalue weighted by Crippen LogP contribution is 2.44. The lowest BCUT2D eigenvalue weighted by Gasteiger charge is -2.40. The van der Waals surface area contributed by atoms with Crippen molar-refractivity contribution in [1.29, 1.82) is 0 Å². The van der Waals surface area contributed by atoms with Crippen molar-refractivity contribution in [2.45, 2.75) is 215 Å². The summed E-state index contributed by atoms with van der Waals surface area (Å²) in [6.07, 6.45) is -4.96. The first kappa shape index (κ1) is 47.9. The Kier molecular flexibility index (Phi) is 18.5. The van der Waals surface area contributed by atoms with Gasteiger partial charge in [0.05, 0.1) is 28.5 Å². The fourth-order valence-electron chi connectivity index (χ4n) is 8.03. The highest BCUT2D eigenvalue weighted by molar-refractivity contribution is 7.91. The van der Waals surface area contributed by atoms with Crippen molar-refractivity contribution in [3.63, 3.8) is 0 Å². The molecule has 0 aliphatic heterocycles. The topological polar surface area (TPSA) is 171 Å². The number of hydrogen-bond donors (Lipinski definition) is 0. The van der Waals surface area contributed by atoms with Gasteiger partial charge >= 0.3 is 0 Å². The summed E-state index contributed by atoms with van der Waals surface area (Å²) in [6.45, 7) is 49.9. The van der Waals surface area contributed by atoms with Crippen molar-refractivity contribution >= 4 is 49.2 Å². The van der Waals surface area contributed by atoms with Crippen LogP contribution in [-0.2, 0) is 49.2 Å². The van der Waals surface area contributed by atoms with Gasteiger partial charge in [-0.3, -0.25) is 0 Å². The summed E-state index contributed by atoms with van der Waals surface area (Å²) in [6, 6.07) is 0. The van der Waals surface area contributed by atoms with Crippen LogP contribution in [0.4, 0.5) is 0 Å². The Labute approximate surface area is 475 Å². The predicted molar refractivity (Wildman–Crippen MR) is 317 cm³/mol. The molecule has 0 N–H and O–H groups in total. The molecule has 1 atom stereocenters. The van der Waals surface area contributed by atoms with Crippen molar-refractivity contribution in [1.82, 2.24) is 0 Å². The molecule has 1 unspecified atom stereocenters. The molecule has 438 valence electrons. The van der Waals surface area contributed by atoms with Gasteiger partial charge in [0.25, 0.3) is 0 Å². The quantitative estimate of drug-likeness (QED) is 0.205. The van der Waals surface area contributed by atoms with Crippen molar-refractivity contribution in [3.05, 3.63) is 0 Å². The zero-order valence-corrected chi connectivity index (χ0v) is 54.1. The van der Waals surface area contributed by atoms with E-state index in [4.69, 9.17) is 27.4 Å². The summed E-state index contributed by atoms with van der Waals surface area (Å²) in [5.41, 5.74) is -21.7. The molecule has 0 aromatic heterocycles. The minimum atomic E-state index is -4.72. The van der Waals surface area contributed by atoms with Gasteiger partial charge in [0.2, 0.25) is 0 Å². The molecule has 71 heavy (non-hydrogen) atoms. The van der Waals surface area contributed by atoms with Gasteiger partial charge in [-0.05, 0) is 83.6 Å². The summed E-state index contributed by atoms with van der Waals surface area (Å²) >= 11 is 0. The second-order valence-electron chi connectivity index (χ2n) is 28.2. The van der Waals surface area contributed by atoms with Crippen LogP contribution >= 0.6 is 0 Å². The van der Waals surface area contributed by atoms with Crippen molar-refractivity contribution in [2.75, 3.05) is 59.7 Å². The van der Waals surface area contributed by atoms with E-state index >= 15 is 0 Å². The molecule has 0 amide bonds. The first-order chi connectivity index (χ1) is 37.4. The van der Waals surface area contributed by atoms with Crippen LogP contribution in [-0.4, -0.2) is 102 Å². The van der Waals surface area contributed by atoms with Crippen molar-refractivity contribution in [3.8, 4) is 0 Å². The zero-order valence-electron chi connectivity index (χ0n) is 70.0. The lowest BCUT2D eigenvalue weighted by molar-refractivity contribution is 0.123. The lowest BCUT2D eigenvalue weighted by Crippen LogP contribution is -2.37. The van der Waals surface area contributed by atoms with Crippen molar-refractivity contribution < 1.29 is 69.5 Å². The minimum absolute atomic E-state index is 0. The van der Waals surface area contributed by atoms with Crippen LogP contribution in [0.3, 0.4) is 0 Å². The molecule has 0 fully saturated rings. The third-order valence-electron chi connectivity index (χ3n) is 8.97. The van der Waals surface area contributed by atoms with Crippen LogP contribution in [0.2, 0.25) is 0 Å². The average molecular weight is 1140 g/mol. The lowest BCUT2D eigenvalue weighted by atomic mass is 9.68. The fourth-order valence-corrected chi connectivity index (χ4v) is 12.8. The van der Waals surface area contributed by atoms with E-state index in [1.807, 2.05) is 0 Å². The van der Waals surface area contributed by atoms with E-state index in [0.717, 1.165) is 12.5 Å². The Hall–Kier alpha value is -0.250. The number of hydrogen-bond acceptors (Lipinski definition) is 10. The maximum atomic E-state index is 12.0. The maximum Gasteiger partial charge on any atom is 0.147 e. The first-order valence-corrected chi connectivity index (χ1v) is 31.6. The molecule has 0 aromatic carbocycles. The SMILES string of the molecule is C.[2H]C(C(C)(C)C)(C(C)(C)C)C([2H])([2H])S(C)(=O)=O.[2H]C(C(C)(C)C)(C(C)(C)C)C([2H])([2H])S(C)(=O)=O.[2H]C(C([2H])(C(C)(C)C)C(C)(C)C)S(=O)(=O)C([2H])([2H])[2H].[2H]C([2H])S(=O)(=O)C([2H])([2H])C([2H])(C(C)(C)C)C(C)(C)C.[2H]CS(=O)(=O)C([2H])([2H])C([2H])(C(C)(C)C)C(C)(C)C. The molecule has 0 bridgehead atoms. The largest absolute Gasteiger partial charge is 0.229 e. The molecular weight excluding hydrogens is 993 g/mol. The monoisotopic (exact) mass is 1140 g/mol. The highest BCUT2D eigenvalue weighted by atomic mass is 32.2. The Morgan fingerprint density at radius 3 is 0.592 bits per heavy atom. The van der Waals surface area contributed by atoms with Gasteiger partial charge in [0.1, 0.15) is 49.2 Å². The molecule has 10 nitrogen and oxygen atoms in total. The normalized spacial score (nSPS) is 21.0. The molecule has 0 aliphatic rings. The Bertz CT molecular complexity index is 2810. The second-order valence-corrected chi connectivity index (χ2v) is 35.7. The van der Waals surface area contributed by atoms with E-state index in [0.29, 0.717) is 0 Å². The minimum Gasteiger partial charge on any atom is -0.229 e. The first-order valence-electron chi connectivity index (χ1n) is 33.5. The van der Waals surface area contributed by atoms with Crippen molar-refractivity contribution in [2.24, 2.45) is 83.6 Å². The number of sulfone groups is 5. The molecular formula is C56H124O10S5. The van der Waals surface area contributed by atoms with Crippen LogP contribution in [0.15, 0.2) is 0 Å². The molecule has 0 saturated carbocycles. The molecule has 0 aromatic rings. The molecule has 0 spiro atoms. The van der Waals surface area contributed by atoms with E-state index < -0.39 is 180 Å². The summed E-state index contributed by atoms with van der Waals surface area (Å²) in [5, 5.41) is 0. The molecule has 0 aliphatic carbocycles. The summed E-state index contributed by atoms with van der Waals surface area (Å²) in [5.74, 6) is -9.13. The van der Waals surface area contributed by atoms with Gasteiger partial charge in [0, 0.05) is 58.6 Å². The molecule has 0 saturated heterocycles. The van der Waals surface area contributed by atoms with Crippen LogP contribution < -0.4 is 0 Å². The smallest absolute Gasteiger partial charge is 0.147 e. The fraction of sp³-hybridized carbons (Fsp3) is 1.00. The van der Waals surface area contributed by atoms with Gasteiger partial charge in [0.15, 0.2) is 0 Å². The summed E-state index contributed by atoms with van der Waals surface area (Å²) < 4.78 is 275. The van der Waals surface area contributed by atoms with Gasteiger partial charge in [-0.25, -0.2) is 42.1 Å². The third-order valence-corrected chi connectivity index (χ3v) is 11.7. The summed E-state index contributed by atoms with van der Waals surface area (Å²) in [7, 11) is -21.7. The Morgan fingerprint density at radius 1 is 0.310 bits per heavy atom. The van der Waals surface area contributed by atoms with Crippen LogP contribution in [0.25, 0.3) is 0 Å². The third kappa shape index (κ3) is 44.6. The van der Waals surface area contributed by atoms with E-state index in [1.165, 1.54) is 0 Å². The number of rotatable bonds is 10. The van der Waals surface area contributed by atoms with E-state index in [1.54, 1.807) is 208 Å². The van der Waals surface area contributed by atoms with Gasteiger partial charge < -0.3 is 0 Å². The predicted octanol–water partition coefficient (Wildman–Crippen LogP) is 14.3. The van der Waals surface area contributed by atoms with E-state index in [2.05, 4.69) is 0 Å². The average Bonchev–Trinajstić information content (AvgIpc) is 3.22. The molecule has 0 rings (SSSR count). The molecule has 0 heterocycles. The maximum absolute atomic E-state index is 12.0. The Morgan fingerprint density at radius 2 is 0.479 bits per heavy atom. The Balaban J connectivity index is -0.000000248. The highest BCUT2D eigenvalue weighted by Gasteiger charge is 2.41. The van der Waals surface area contributed by atoms with Crippen LogP contribution in [0, 0.1) is 83.6 Å². The standard InChI is InChI=1S/5C11H24O2S.CH4/c5*1-10(2,3)9(11(4,5)6)8-14(7,12)13;/h5*9H,8H2,1-7H3;1H4/i7D3,8D,9D;7D2,8D2,9D;7D,8D2,9D;2*8D2,9D;. The molecule has 15 heteroatoms. The van der Waals surface area contributed by atoms with E-state index in [9.17, 15) is 42.1 Å². The second kappa shape index (κ2) is 27.4. The zero-order chi connectivity index (χ0) is 76.4. The molecule has 0 radical (unpaired) electrons. The van der Waals surface area contributed by atoms with Crippen LogP contribution in [0.1, 0.15) is 243 Å². The van der Waals surface area contributed by atoms with Gasteiger partial charge in [-0.15, -0.1) is 0 Å². The van der Waals surface area contributed by atoms with Gasteiger partial charge in [-0.1, -0.05) is 215 Å². The van der Waals surface area contributed by atoms with Gasteiger partial charge in [-0.2, -0.15) is 0 Å².